The van der Waals surface area contributed by atoms with Crippen molar-refractivity contribution in [2.24, 2.45) is 5.92 Å². The Balaban J connectivity index is 1.61. The predicted molar refractivity (Wildman–Crippen MR) is 102 cm³/mol. The molecule has 0 aliphatic carbocycles. The van der Waals surface area contributed by atoms with E-state index in [-0.39, 0.29) is 12.7 Å². The third-order valence-electron chi connectivity index (χ3n) is 5.06. The van der Waals surface area contributed by atoms with Crippen molar-refractivity contribution in [2.45, 2.75) is 6.92 Å². The molecule has 0 saturated carbocycles. The van der Waals surface area contributed by atoms with Crippen molar-refractivity contribution in [2.75, 3.05) is 19.9 Å². The smallest absolute Gasteiger partial charge is 0.278 e. The van der Waals surface area contributed by atoms with Crippen LogP contribution in [0, 0.1) is 5.92 Å². The number of carbonyl (C=O) groups excluding carboxylic acids is 1. The number of nitrogens with zero attached hydrogens (tertiary/aromatic N) is 1. The fourth-order valence-corrected chi connectivity index (χ4v) is 3.68. The van der Waals surface area contributed by atoms with E-state index < -0.39 is 0 Å². The number of hydroxylamine groups is 2. The lowest BCUT2D eigenvalue weighted by Gasteiger charge is -2.17. The molecule has 1 fully saturated rings. The largest absolute Gasteiger partial charge is 0.454 e. The average molecular weight is 361 g/mol. The summed E-state index contributed by atoms with van der Waals surface area (Å²) in [7, 11) is 0. The van der Waals surface area contributed by atoms with Crippen LogP contribution in [0.25, 0.3) is 21.9 Å². The van der Waals surface area contributed by atoms with E-state index in [2.05, 4.69) is 6.92 Å². The van der Waals surface area contributed by atoms with Gasteiger partial charge in [-0.1, -0.05) is 43.3 Å². The van der Waals surface area contributed by atoms with Gasteiger partial charge in [0.1, 0.15) is 0 Å². The summed E-state index contributed by atoms with van der Waals surface area (Å²) in [6.07, 6.45) is 0. The summed E-state index contributed by atoms with van der Waals surface area (Å²) in [5, 5.41) is 3.42. The summed E-state index contributed by atoms with van der Waals surface area (Å²) in [4.78, 5) is 18.5. The fourth-order valence-electron chi connectivity index (χ4n) is 3.68. The highest BCUT2D eigenvalue weighted by molar-refractivity contribution is 6.10. The Morgan fingerprint density at radius 1 is 1.00 bits per heavy atom. The zero-order valence-corrected chi connectivity index (χ0v) is 15.0. The summed E-state index contributed by atoms with van der Waals surface area (Å²) >= 11 is 0. The highest BCUT2D eigenvalue weighted by atomic mass is 16.7. The molecule has 136 valence electrons. The maximum Gasteiger partial charge on any atom is 0.278 e. The molecule has 1 saturated heterocycles. The Morgan fingerprint density at radius 2 is 1.81 bits per heavy atom. The van der Waals surface area contributed by atoms with Crippen molar-refractivity contribution in [1.82, 2.24) is 5.06 Å². The molecule has 2 aliphatic rings. The molecule has 27 heavy (non-hydrogen) atoms. The molecule has 3 aromatic carbocycles. The van der Waals surface area contributed by atoms with Crippen LogP contribution < -0.4 is 9.47 Å². The van der Waals surface area contributed by atoms with Crippen LogP contribution in [0.4, 0.5) is 0 Å². The highest BCUT2D eigenvalue weighted by Crippen LogP contribution is 2.38. The monoisotopic (exact) mass is 361 g/mol. The highest BCUT2D eigenvalue weighted by Gasteiger charge is 2.27. The Hall–Kier alpha value is -3.05. The molecule has 0 radical (unpaired) electrons. The van der Waals surface area contributed by atoms with E-state index in [0.29, 0.717) is 24.6 Å². The van der Waals surface area contributed by atoms with Crippen LogP contribution in [0.5, 0.6) is 11.5 Å². The quantitative estimate of drug-likeness (QED) is 0.684. The van der Waals surface area contributed by atoms with E-state index >= 15 is 0 Å². The van der Waals surface area contributed by atoms with Crippen LogP contribution in [0.2, 0.25) is 0 Å². The normalized spacial score (nSPS) is 18.3. The number of amides is 1. The SMILES string of the molecule is CC1CON(C(=O)c2ccc(-c3ccc4c(c3)OCO4)c3ccccc23)C1. The first-order valence-electron chi connectivity index (χ1n) is 9.07. The van der Waals surface area contributed by atoms with Gasteiger partial charge >= 0.3 is 0 Å². The standard InChI is InChI=1S/C22H19NO4/c1-14-11-23(27-12-14)22(24)19-8-7-16(17-4-2-3-5-18(17)19)15-6-9-20-21(10-15)26-13-25-20/h2-10,14H,11-13H2,1H3. The molecule has 1 atom stereocenters. The van der Waals surface area contributed by atoms with Gasteiger partial charge in [-0.3, -0.25) is 9.63 Å². The molecular weight excluding hydrogens is 342 g/mol. The molecule has 3 aromatic rings. The van der Waals surface area contributed by atoms with Gasteiger partial charge in [0.2, 0.25) is 6.79 Å². The topological polar surface area (TPSA) is 48.0 Å². The summed E-state index contributed by atoms with van der Waals surface area (Å²) in [5.74, 6) is 1.77. The second kappa shape index (κ2) is 6.28. The maximum absolute atomic E-state index is 13.0. The van der Waals surface area contributed by atoms with Crippen molar-refractivity contribution in [3.8, 4) is 22.6 Å². The lowest BCUT2D eigenvalue weighted by molar-refractivity contribution is -0.0771. The third-order valence-corrected chi connectivity index (χ3v) is 5.06. The molecule has 2 aliphatic heterocycles. The number of ether oxygens (including phenoxy) is 2. The van der Waals surface area contributed by atoms with Crippen LogP contribution in [-0.4, -0.2) is 30.9 Å². The molecule has 5 rings (SSSR count). The molecule has 5 nitrogen and oxygen atoms in total. The number of hydrogen-bond acceptors (Lipinski definition) is 4. The van der Waals surface area contributed by atoms with Gasteiger partial charge in [-0.2, -0.15) is 0 Å². The second-order valence-electron chi connectivity index (χ2n) is 7.04. The van der Waals surface area contributed by atoms with Gasteiger partial charge in [-0.25, -0.2) is 5.06 Å². The molecular formula is C22H19NO4. The first-order chi connectivity index (χ1) is 13.2. The minimum atomic E-state index is -0.0900. The number of fused-ring (bicyclic) bond motifs is 2. The van der Waals surface area contributed by atoms with E-state index in [1.54, 1.807) is 0 Å². The van der Waals surface area contributed by atoms with Crippen molar-refractivity contribution >= 4 is 16.7 Å². The van der Waals surface area contributed by atoms with E-state index in [9.17, 15) is 4.79 Å². The van der Waals surface area contributed by atoms with Gasteiger partial charge in [-0.05, 0) is 40.1 Å². The Bertz CT molecular complexity index is 1050. The van der Waals surface area contributed by atoms with Crippen molar-refractivity contribution in [3.63, 3.8) is 0 Å². The zero-order valence-electron chi connectivity index (χ0n) is 15.0. The van der Waals surface area contributed by atoms with E-state index in [1.165, 1.54) is 5.06 Å². The molecule has 2 heterocycles. The van der Waals surface area contributed by atoms with Gasteiger partial charge in [-0.15, -0.1) is 0 Å². The molecule has 0 N–H and O–H groups in total. The molecule has 0 spiro atoms. The minimum absolute atomic E-state index is 0.0900. The second-order valence-corrected chi connectivity index (χ2v) is 7.04. The zero-order chi connectivity index (χ0) is 18.4. The van der Waals surface area contributed by atoms with Crippen LogP contribution in [0.3, 0.4) is 0 Å². The number of carbonyl (C=O) groups is 1. The van der Waals surface area contributed by atoms with Gasteiger partial charge < -0.3 is 9.47 Å². The lowest BCUT2D eigenvalue weighted by Crippen LogP contribution is -2.27. The molecule has 5 heteroatoms. The predicted octanol–water partition coefficient (Wildman–Crippen LogP) is 4.26. The summed E-state index contributed by atoms with van der Waals surface area (Å²) in [5.41, 5.74) is 2.74. The Morgan fingerprint density at radius 3 is 2.63 bits per heavy atom. The van der Waals surface area contributed by atoms with Crippen LogP contribution in [-0.2, 0) is 4.84 Å². The number of rotatable bonds is 2. The summed E-state index contributed by atoms with van der Waals surface area (Å²) in [6.45, 7) is 3.53. The van der Waals surface area contributed by atoms with E-state index in [1.807, 2.05) is 54.6 Å². The third kappa shape index (κ3) is 2.71. The van der Waals surface area contributed by atoms with Crippen molar-refractivity contribution < 1.29 is 19.1 Å². The van der Waals surface area contributed by atoms with Crippen LogP contribution in [0.15, 0.2) is 54.6 Å². The molecule has 0 aromatic heterocycles. The van der Waals surface area contributed by atoms with Crippen LogP contribution in [0.1, 0.15) is 17.3 Å². The Labute approximate surface area is 157 Å². The fraction of sp³-hybridized carbons (Fsp3) is 0.227. The summed E-state index contributed by atoms with van der Waals surface area (Å²) < 4.78 is 10.9. The minimum Gasteiger partial charge on any atom is -0.454 e. The molecule has 1 amide bonds. The van der Waals surface area contributed by atoms with Crippen molar-refractivity contribution in [3.05, 3.63) is 60.2 Å². The van der Waals surface area contributed by atoms with Crippen molar-refractivity contribution in [1.29, 1.82) is 0 Å². The molecule has 1 unspecified atom stereocenters. The number of hydrogen-bond donors (Lipinski definition) is 0. The Kier molecular flexibility index (Phi) is 3.76. The van der Waals surface area contributed by atoms with Gasteiger partial charge in [0.05, 0.1) is 13.2 Å². The van der Waals surface area contributed by atoms with E-state index in [4.69, 9.17) is 14.3 Å². The lowest BCUT2D eigenvalue weighted by atomic mass is 9.94. The number of benzene rings is 3. The van der Waals surface area contributed by atoms with Crippen LogP contribution >= 0.6 is 0 Å². The average Bonchev–Trinajstić information content (AvgIpc) is 3.34. The molecule has 0 bridgehead atoms. The first kappa shape index (κ1) is 16.1. The summed E-state index contributed by atoms with van der Waals surface area (Å²) in [6, 6.07) is 17.8. The van der Waals surface area contributed by atoms with Gasteiger partial charge in [0.15, 0.2) is 11.5 Å². The first-order valence-corrected chi connectivity index (χ1v) is 9.07. The maximum atomic E-state index is 13.0. The van der Waals surface area contributed by atoms with Gasteiger partial charge in [0, 0.05) is 11.5 Å². The van der Waals surface area contributed by atoms with E-state index in [0.717, 1.165) is 33.4 Å². The van der Waals surface area contributed by atoms with Gasteiger partial charge in [0.25, 0.3) is 5.91 Å².